The molecule has 24 heavy (non-hydrogen) atoms. The maximum Gasteiger partial charge on any atom is 0.246 e. The first-order valence-corrected chi connectivity index (χ1v) is 9.70. The molecular weight excluding hydrogens is 338 g/mol. The molecule has 1 aromatic carbocycles. The van der Waals surface area contributed by atoms with E-state index in [1.807, 2.05) is 0 Å². The van der Waals surface area contributed by atoms with Crippen molar-refractivity contribution in [3.63, 3.8) is 0 Å². The van der Waals surface area contributed by atoms with Crippen LogP contribution >= 0.6 is 0 Å². The first kappa shape index (κ1) is 17.7. The lowest BCUT2D eigenvalue weighted by atomic mass is 10.2. The fourth-order valence-electron chi connectivity index (χ4n) is 3.27. The normalized spacial score (nSPS) is 24.2. The van der Waals surface area contributed by atoms with Gasteiger partial charge in [-0.25, -0.2) is 17.2 Å². The van der Waals surface area contributed by atoms with Crippen molar-refractivity contribution >= 4 is 10.0 Å². The summed E-state index contributed by atoms with van der Waals surface area (Å²) in [6.07, 6.45) is 3.01. The van der Waals surface area contributed by atoms with Crippen LogP contribution in [0, 0.1) is 11.6 Å². The van der Waals surface area contributed by atoms with Crippen molar-refractivity contribution in [1.29, 1.82) is 0 Å². The van der Waals surface area contributed by atoms with Gasteiger partial charge in [0, 0.05) is 38.9 Å². The lowest BCUT2D eigenvalue weighted by molar-refractivity contribution is 0.0749. The highest BCUT2D eigenvalue weighted by Gasteiger charge is 2.30. The molecule has 0 N–H and O–H groups in total. The van der Waals surface area contributed by atoms with Crippen molar-refractivity contribution < 1.29 is 21.9 Å². The third kappa shape index (κ3) is 3.93. The number of hydrogen-bond donors (Lipinski definition) is 0. The molecule has 0 aromatic heterocycles. The summed E-state index contributed by atoms with van der Waals surface area (Å²) in [4.78, 5) is 1.74. The van der Waals surface area contributed by atoms with Gasteiger partial charge >= 0.3 is 0 Å². The Morgan fingerprint density at radius 3 is 2.67 bits per heavy atom. The van der Waals surface area contributed by atoms with Crippen molar-refractivity contribution in [3.05, 3.63) is 29.8 Å². The third-order valence-electron chi connectivity index (χ3n) is 4.55. The molecule has 1 unspecified atom stereocenters. The van der Waals surface area contributed by atoms with Crippen LogP contribution in [0.25, 0.3) is 0 Å². The lowest BCUT2D eigenvalue weighted by Crippen LogP contribution is -2.37. The van der Waals surface area contributed by atoms with E-state index in [1.165, 1.54) is 4.31 Å². The smallest absolute Gasteiger partial charge is 0.246 e. The van der Waals surface area contributed by atoms with Crippen molar-refractivity contribution in [3.8, 4) is 0 Å². The molecule has 2 aliphatic heterocycles. The monoisotopic (exact) mass is 360 g/mol. The number of sulfonamides is 1. The summed E-state index contributed by atoms with van der Waals surface area (Å²) in [5.74, 6) is -1.83. The van der Waals surface area contributed by atoms with E-state index in [0.717, 1.165) is 44.7 Å². The average molecular weight is 360 g/mol. The van der Waals surface area contributed by atoms with E-state index in [9.17, 15) is 17.2 Å². The minimum absolute atomic E-state index is 0.225. The second-order valence-corrected chi connectivity index (χ2v) is 8.17. The summed E-state index contributed by atoms with van der Waals surface area (Å²) in [6, 6.07) is 2.57. The Morgan fingerprint density at radius 2 is 1.96 bits per heavy atom. The molecule has 0 spiro atoms. The Hall–Kier alpha value is -1.09. The van der Waals surface area contributed by atoms with Gasteiger partial charge in [-0.15, -0.1) is 0 Å². The summed E-state index contributed by atoms with van der Waals surface area (Å²) >= 11 is 0. The Balaban J connectivity index is 1.68. The minimum Gasteiger partial charge on any atom is -0.377 e. The standard InChI is InChI=1S/C16H22F2N2O3S/c17-13-4-5-16(15(18)11-13)24(21,22)20-7-2-6-19(8-9-20)12-14-3-1-10-23-14/h4-5,11,14H,1-3,6-10,12H2. The maximum absolute atomic E-state index is 13.9. The van der Waals surface area contributed by atoms with Gasteiger partial charge in [0.25, 0.3) is 0 Å². The van der Waals surface area contributed by atoms with Crippen LogP contribution in [0.3, 0.4) is 0 Å². The van der Waals surface area contributed by atoms with Crippen molar-refractivity contribution in [2.75, 3.05) is 39.3 Å². The molecule has 3 rings (SSSR count). The summed E-state index contributed by atoms with van der Waals surface area (Å²) in [6.45, 7) is 3.61. The summed E-state index contributed by atoms with van der Waals surface area (Å²) in [5, 5.41) is 0. The molecule has 1 atom stereocenters. The summed E-state index contributed by atoms with van der Waals surface area (Å²) < 4.78 is 59.1. The molecule has 2 aliphatic rings. The first-order valence-electron chi connectivity index (χ1n) is 8.26. The maximum atomic E-state index is 13.9. The lowest BCUT2D eigenvalue weighted by Gasteiger charge is -2.24. The molecule has 0 bridgehead atoms. The molecule has 2 heterocycles. The van der Waals surface area contributed by atoms with Gasteiger partial charge in [0.15, 0.2) is 0 Å². The van der Waals surface area contributed by atoms with Gasteiger partial charge in [-0.1, -0.05) is 0 Å². The fourth-order valence-corrected chi connectivity index (χ4v) is 4.78. The second kappa shape index (κ2) is 7.43. The van der Waals surface area contributed by atoms with Crippen LogP contribution in [0.4, 0.5) is 8.78 Å². The summed E-state index contributed by atoms with van der Waals surface area (Å²) in [5.41, 5.74) is 0. The molecule has 0 aliphatic carbocycles. The fraction of sp³-hybridized carbons (Fsp3) is 0.625. The number of halogens is 2. The van der Waals surface area contributed by atoms with Crippen LogP contribution in [-0.2, 0) is 14.8 Å². The largest absolute Gasteiger partial charge is 0.377 e. The van der Waals surface area contributed by atoms with E-state index in [0.29, 0.717) is 32.1 Å². The number of ether oxygens (including phenoxy) is 1. The van der Waals surface area contributed by atoms with Crippen molar-refractivity contribution in [2.45, 2.75) is 30.3 Å². The summed E-state index contributed by atoms with van der Waals surface area (Å²) in [7, 11) is -3.95. The average Bonchev–Trinajstić information content (AvgIpc) is 2.90. The molecule has 0 radical (unpaired) electrons. The molecule has 0 saturated carbocycles. The number of hydrogen-bond acceptors (Lipinski definition) is 4. The van der Waals surface area contributed by atoms with E-state index < -0.39 is 26.6 Å². The van der Waals surface area contributed by atoms with Crippen LogP contribution in [0.1, 0.15) is 19.3 Å². The number of benzene rings is 1. The molecule has 8 heteroatoms. The zero-order chi connectivity index (χ0) is 17.2. The van der Waals surface area contributed by atoms with E-state index in [1.54, 1.807) is 0 Å². The number of rotatable bonds is 4. The van der Waals surface area contributed by atoms with Crippen molar-refractivity contribution in [1.82, 2.24) is 9.21 Å². The topological polar surface area (TPSA) is 49.9 Å². The molecule has 134 valence electrons. The zero-order valence-electron chi connectivity index (χ0n) is 13.5. The van der Waals surface area contributed by atoms with Crippen LogP contribution in [0.15, 0.2) is 23.1 Å². The van der Waals surface area contributed by atoms with Gasteiger partial charge in [0.05, 0.1) is 6.10 Å². The molecule has 5 nitrogen and oxygen atoms in total. The van der Waals surface area contributed by atoms with Gasteiger partial charge in [-0.05, 0) is 37.9 Å². The van der Waals surface area contributed by atoms with Crippen LogP contribution in [-0.4, -0.2) is 63.1 Å². The Morgan fingerprint density at radius 1 is 1.12 bits per heavy atom. The van der Waals surface area contributed by atoms with Gasteiger partial charge in [0.1, 0.15) is 16.5 Å². The SMILES string of the molecule is O=S(=O)(c1ccc(F)cc1F)N1CCCN(CC2CCCO2)CC1. The van der Waals surface area contributed by atoms with Crippen LogP contribution in [0.5, 0.6) is 0 Å². The van der Waals surface area contributed by atoms with E-state index in [-0.39, 0.29) is 6.10 Å². The van der Waals surface area contributed by atoms with Gasteiger partial charge in [0.2, 0.25) is 10.0 Å². The molecule has 1 aromatic rings. The first-order chi connectivity index (χ1) is 11.5. The molecule has 2 fully saturated rings. The number of nitrogens with zero attached hydrogens (tertiary/aromatic N) is 2. The molecular formula is C16H22F2N2O3S. The quantitative estimate of drug-likeness (QED) is 0.822. The molecule has 0 amide bonds. The minimum atomic E-state index is -3.95. The highest BCUT2D eigenvalue weighted by atomic mass is 32.2. The van der Waals surface area contributed by atoms with E-state index in [4.69, 9.17) is 4.74 Å². The zero-order valence-corrected chi connectivity index (χ0v) is 14.3. The Labute approximate surface area is 141 Å². The predicted molar refractivity (Wildman–Crippen MR) is 85.1 cm³/mol. The van der Waals surface area contributed by atoms with Crippen molar-refractivity contribution in [2.24, 2.45) is 0 Å². The Kier molecular flexibility index (Phi) is 5.49. The predicted octanol–water partition coefficient (Wildman–Crippen LogP) is 1.84. The van der Waals surface area contributed by atoms with E-state index >= 15 is 0 Å². The van der Waals surface area contributed by atoms with Gasteiger partial charge in [-0.3, -0.25) is 4.90 Å². The van der Waals surface area contributed by atoms with E-state index in [2.05, 4.69) is 4.90 Å². The molecule has 2 saturated heterocycles. The van der Waals surface area contributed by atoms with Gasteiger partial charge < -0.3 is 4.74 Å². The Bertz CT molecular complexity index is 678. The van der Waals surface area contributed by atoms with Crippen LogP contribution < -0.4 is 0 Å². The van der Waals surface area contributed by atoms with Gasteiger partial charge in [-0.2, -0.15) is 4.31 Å². The third-order valence-corrected chi connectivity index (χ3v) is 6.48. The highest BCUT2D eigenvalue weighted by molar-refractivity contribution is 7.89. The van der Waals surface area contributed by atoms with Crippen LogP contribution in [0.2, 0.25) is 0 Å². The highest BCUT2D eigenvalue weighted by Crippen LogP contribution is 2.22. The second-order valence-electron chi connectivity index (χ2n) is 6.27.